The van der Waals surface area contributed by atoms with Crippen LogP contribution in [0.3, 0.4) is 0 Å². The Bertz CT molecular complexity index is 534. The van der Waals surface area contributed by atoms with E-state index >= 15 is 0 Å². The van der Waals surface area contributed by atoms with Gasteiger partial charge in [-0.05, 0) is 44.9 Å². The average molecular weight is 513 g/mol. The van der Waals surface area contributed by atoms with Gasteiger partial charge in [0, 0.05) is 19.3 Å². The molecule has 1 atom stereocenters. The summed E-state index contributed by atoms with van der Waals surface area (Å²) in [6, 6.07) is 0. The van der Waals surface area contributed by atoms with Crippen LogP contribution in [0.5, 0.6) is 0 Å². The Hall–Kier alpha value is -1.59. The molecular weight excluding hydrogens is 456 g/mol. The van der Waals surface area contributed by atoms with Crippen molar-refractivity contribution in [2.45, 2.75) is 168 Å². The molecule has 0 aliphatic rings. The van der Waals surface area contributed by atoms with Crippen molar-refractivity contribution in [2.75, 3.05) is 6.61 Å². The van der Waals surface area contributed by atoms with Crippen molar-refractivity contribution in [3.63, 3.8) is 0 Å². The van der Waals surface area contributed by atoms with Crippen molar-refractivity contribution in [1.29, 1.82) is 0 Å². The molecule has 0 fully saturated rings. The van der Waals surface area contributed by atoms with Crippen molar-refractivity contribution in [3.8, 4) is 0 Å². The van der Waals surface area contributed by atoms with Crippen molar-refractivity contribution >= 4 is 17.9 Å². The molecule has 0 saturated carbocycles. The summed E-state index contributed by atoms with van der Waals surface area (Å²) in [6.45, 7) is 4.76. The quantitative estimate of drug-likeness (QED) is 0.0876. The lowest BCUT2D eigenvalue weighted by Gasteiger charge is -2.18. The van der Waals surface area contributed by atoms with Crippen LogP contribution in [0, 0.1) is 0 Å². The smallest absolute Gasteiger partial charge is 0.306 e. The minimum absolute atomic E-state index is 0.0981. The van der Waals surface area contributed by atoms with Crippen LogP contribution >= 0.6 is 0 Å². The second-order valence-corrected chi connectivity index (χ2v) is 10.2. The standard InChI is InChI=1S/C30H56O6/c1-3-5-7-12-18-24-29(33)35-26-20-22-27(36-30(34)25-19-13-8-6-4-2)21-16-14-10-9-11-15-17-23-28(31)32/h27H,3-26H2,1-2H3,(H,31,32). The van der Waals surface area contributed by atoms with E-state index in [1.165, 1.54) is 38.5 Å². The van der Waals surface area contributed by atoms with Crippen molar-refractivity contribution in [1.82, 2.24) is 0 Å². The Balaban J connectivity index is 4.16. The fraction of sp³-hybridized carbons (Fsp3) is 0.900. The number of carboxylic acids is 1. The maximum atomic E-state index is 12.4. The average Bonchev–Trinajstić information content (AvgIpc) is 2.84. The Morgan fingerprint density at radius 3 is 1.56 bits per heavy atom. The summed E-state index contributed by atoms with van der Waals surface area (Å²) in [6.07, 6.45) is 21.8. The summed E-state index contributed by atoms with van der Waals surface area (Å²) in [7, 11) is 0. The maximum absolute atomic E-state index is 12.4. The maximum Gasteiger partial charge on any atom is 0.306 e. The Morgan fingerprint density at radius 2 is 1.00 bits per heavy atom. The summed E-state index contributed by atoms with van der Waals surface area (Å²) >= 11 is 0. The molecule has 0 aromatic heterocycles. The first-order chi connectivity index (χ1) is 17.5. The highest BCUT2D eigenvalue weighted by atomic mass is 16.5. The molecular formula is C30H56O6. The van der Waals surface area contributed by atoms with Crippen LogP contribution in [0.4, 0.5) is 0 Å². The number of aliphatic carboxylic acids is 1. The lowest BCUT2D eigenvalue weighted by molar-refractivity contribution is -0.151. The highest BCUT2D eigenvalue weighted by molar-refractivity contribution is 5.69. The third-order valence-electron chi connectivity index (χ3n) is 6.62. The van der Waals surface area contributed by atoms with Gasteiger partial charge in [-0.3, -0.25) is 14.4 Å². The van der Waals surface area contributed by atoms with E-state index in [0.717, 1.165) is 89.9 Å². The third kappa shape index (κ3) is 25.5. The summed E-state index contributed by atoms with van der Waals surface area (Å²) < 4.78 is 11.2. The van der Waals surface area contributed by atoms with Gasteiger partial charge in [0.15, 0.2) is 0 Å². The van der Waals surface area contributed by atoms with Crippen LogP contribution < -0.4 is 0 Å². The van der Waals surface area contributed by atoms with E-state index in [-0.39, 0.29) is 24.5 Å². The normalized spacial score (nSPS) is 11.8. The van der Waals surface area contributed by atoms with E-state index in [4.69, 9.17) is 14.6 Å². The van der Waals surface area contributed by atoms with Crippen LogP contribution in [0.15, 0.2) is 0 Å². The predicted molar refractivity (Wildman–Crippen MR) is 146 cm³/mol. The van der Waals surface area contributed by atoms with Gasteiger partial charge >= 0.3 is 17.9 Å². The number of carbonyl (C=O) groups is 3. The molecule has 0 spiro atoms. The predicted octanol–water partition coefficient (Wildman–Crippen LogP) is 8.54. The molecule has 0 amide bonds. The minimum atomic E-state index is -0.714. The molecule has 6 heteroatoms. The first-order valence-corrected chi connectivity index (χ1v) is 15.1. The zero-order valence-corrected chi connectivity index (χ0v) is 23.5. The number of hydrogen-bond acceptors (Lipinski definition) is 5. The third-order valence-corrected chi connectivity index (χ3v) is 6.62. The van der Waals surface area contributed by atoms with Gasteiger partial charge in [0.25, 0.3) is 0 Å². The van der Waals surface area contributed by atoms with Crippen LogP contribution in [0.2, 0.25) is 0 Å². The van der Waals surface area contributed by atoms with Crippen LogP contribution in [-0.2, 0) is 23.9 Å². The van der Waals surface area contributed by atoms with Crippen LogP contribution in [0.1, 0.15) is 162 Å². The Kier molecular flexibility index (Phi) is 25.3. The van der Waals surface area contributed by atoms with E-state index in [9.17, 15) is 14.4 Å². The minimum Gasteiger partial charge on any atom is -0.481 e. The molecule has 0 aromatic carbocycles. The van der Waals surface area contributed by atoms with Gasteiger partial charge in [-0.2, -0.15) is 0 Å². The SMILES string of the molecule is CCCCCCCC(=O)OCCCC(CCCCCCCCCC(=O)O)OC(=O)CCCCCCC. The van der Waals surface area contributed by atoms with Crippen LogP contribution in [-0.4, -0.2) is 35.7 Å². The largest absolute Gasteiger partial charge is 0.481 e. The van der Waals surface area contributed by atoms with E-state index in [0.29, 0.717) is 19.4 Å². The highest BCUT2D eigenvalue weighted by Gasteiger charge is 2.15. The number of ether oxygens (including phenoxy) is 2. The van der Waals surface area contributed by atoms with E-state index in [1.807, 2.05) is 0 Å². The second-order valence-electron chi connectivity index (χ2n) is 10.2. The summed E-state index contributed by atoms with van der Waals surface area (Å²) in [4.78, 5) is 34.8. The molecule has 0 aliphatic heterocycles. The van der Waals surface area contributed by atoms with Crippen LogP contribution in [0.25, 0.3) is 0 Å². The van der Waals surface area contributed by atoms with E-state index in [2.05, 4.69) is 13.8 Å². The van der Waals surface area contributed by atoms with Gasteiger partial charge < -0.3 is 14.6 Å². The Labute approximate surface area is 221 Å². The number of unbranched alkanes of at least 4 members (excludes halogenated alkanes) is 14. The molecule has 1 N–H and O–H groups in total. The number of esters is 2. The van der Waals surface area contributed by atoms with Gasteiger partial charge in [-0.25, -0.2) is 0 Å². The molecule has 1 unspecified atom stereocenters. The first kappa shape index (κ1) is 34.4. The molecule has 0 radical (unpaired) electrons. The highest BCUT2D eigenvalue weighted by Crippen LogP contribution is 2.17. The summed E-state index contributed by atoms with van der Waals surface area (Å²) in [5, 5.41) is 8.69. The van der Waals surface area contributed by atoms with E-state index in [1.54, 1.807) is 0 Å². The molecule has 0 aliphatic carbocycles. The second kappa shape index (κ2) is 26.5. The fourth-order valence-corrected chi connectivity index (χ4v) is 4.35. The number of rotatable bonds is 27. The molecule has 36 heavy (non-hydrogen) atoms. The van der Waals surface area contributed by atoms with Gasteiger partial charge in [0.05, 0.1) is 6.61 Å². The number of hydrogen-bond donors (Lipinski definition) is 1. The van der Waals surface area contributed by atoms with Gasteiger partial charge in [-0.15, -0.1) is 0 Å². The monoisotopic (exact) mass is 512 g/mol. The topological polar surface area (TPSA) is 89.9 Å². The molecule has 6 nitrogen and oxygen atoms in total. The summed E-state index contributed by atoms with van der Waals surface area (Å²) in [5.74, 6) is -0.928. The zero-order valence-electron chi connectivity index (χ0n) is 23.5. The van der Waals surface area contributed by atoms with Crippen molar-refractivity contribution in [2.24, 2.45) is 0 Å². The lowest BCUT2D eigenvalue weighted by Crippen LogP contribution is -2.19. The molecule has 0 heterocycles. The first-order valence-electron chi connectivity index (χ1n) is 15.1. The van der Waals surface area contributed by atoms with Crippen molar-refractivity contribution < 1.29 is 29.0 Å². The Morgan fingerprint density at radius 1 is 0.556 bits per heavy atom. The van der Waals surface area contributed by atoms with Gasteiger partial charge in [-0.1, -0.05) is 97.3 Å². The number of carbonyl (C=O) groups excluding carboxylic acids is 2. The fourth-order valence-electron chi connectivity index (χ4n) is 4.35. The molecule has 212 valence electrons. The van der Waals surface area contributed by atoms with Gasteiger partial charge in [0.2, 0.25) is 0 Å². The summed E-state index contributed by atoms with van der Waals surface area (Å²) in [5.41, 5.74) is 0. The molecule has 0 saturated heterocycles. The number of carboxylic acid groups (broad SMARTS) is 1. The molecule has 0 rings (SSSR count). The molecule has 0 bridgehead atoms. The van der Waals surface area contributed by atoms with Gasteiger partial charge in [0.1, 0.15) is 6.10 Å². The van der Waals surface area contributed by atoms with E-state index < -0.39 is 5.97 Å². The lowest BCUT2D eigenvalue weighted by atomic mass is 10.0. The van der Waals surface area contributed by atoms with Crippen molar-refractivity contribution in [3.05, 3.63) is 0 Å². The molecule has 0 aromatic rings. The zero-order chi connectivity index (χ0) is 26.7.